The first kappa shape index (κ1) is 20.3. The molecule has 0 bridgehead atoms. The van der Waals surface area contributed by atoms with Gasteiger partial charge in [-0.2, -0.15) is 13.9 Å². The highest BCUT2D eigenvalue weighted by Gasteiger charge is 2.22. The van der Waals surface area contributed by atoms with Crippen LogP contribution in [0.2, 0.25) is 0 Å². The Balaban J connectivity index is 2.34. The Bertz CT molecular complexity index is 814. The summed E-state index contributed by atoms with van der Waals surface area (Å²) in [7, 11) is 0. The molecule has 0 spiro atoms. The molecule has 0 fully saturated rings. The minimum atomic E-state index is -2.84. The molecule has 1 atom stereocenters. The van der Waals surface area contributed by atoms with E-state index in [0.717, 1.165) is 0 Å². The first-order chi connectivity index (χ1) is 12.6. The number of aromatic nitrogens is 3. The van der Waals surface area contributed by atoms with E-state index in [4.69, 9.17) is 10.5 Å². The van der Waals surface area contributed by atoms with Crippen molar-refractivity contribution in [1.82, 2.24) is 20.1 Å². The maximum atomic E-state index is 13.2. The lowest BCUT2D eigenvalue weighted by Crippen LogP contribution is -2.35. The van der Waals surface area contributed by atoms with E-state index < -0.39 is 24.3 Å². The molecule has 0 saturated heterocycles. The van der Waals surface area contributed by atoms with E-state index in [0.29, 0.717) is 22.4 Å². The number of hydrogen-bond acceptors (Lipinski definition) is 5. The zero-order chi connectivity index (χ0) is 20.2. The second kappa shape index (κ2) is 8.15. The SMILES string of the molecule is C=CC[C@H](NC(=O)OC(C)(C)C)c1cc(-c2c(N)cnn2C(F)F)ccn1. The summed E-state index contributed by atoms with van der Waals surface area (Å²) in [5.74, 6) is 0. The van der Waals surface area contributed by atoms with E-state index in [-0.39, 0.29) is 11.4 Å². The van der Waals surface area contributed by atoms with Gasteiger partial charge in [-0.25, -0.2) is 9.48 Å². The van der Waals surface area contributed by atoms with Gasteiger partial charge < -0.3 is 15.8 Å². The Kier molecular flexibility index (Phi) is 6.14. The molecular formula is C18H23F2N5O2. The van der Waals surface area contributed by atoms with Crippen LogP contribution in [0.25, 0.3) is 11.3 Å². The predicted octanol–water partition coefficient (Wildman–Crippen LogP) is 4.06. The number of nitrogens with zero attached hydrogens (tertiary/aromatic N) is 3. The molecule has 2 heterocycles. The number of alkyl halides is 2. The fourth-order valence-corrected chi connectivity index (χ4v) is 2.48. The quantitative estimate of drug-likeness (QED) is 0.738. The minimum Gasteiger partial charge on any atom is -0.444 e. The Morgan fingerprint density at radius 3 is 2.78 bits per heavy atom. The number of nitrogens with one attached hydrogen (secondary N) is 1. The standard InChI is InChI=1S/C18H23F2N5O2/c1-5-6-13(24-17(26)27-18(2,3)4)14-9-11(7-8-22-14)15-12(21)10-23-25(15)16(19)20/h5,7-10,13,16H,1,6,21H2,2-4H3,(H,24,26)/t13-/m0/s1. The van der Waals surface area contributed by atoms with Gasteiger partial charge in [0.1, 0.15) is 5.60 Å². The van der Waals surface area contributed by atoms with Crippen molar-refractivity contribution in [2.24, 2.45) is 0 Å². The Labute approximate surface area is 156 Å². The highest BCUT2D eigenvalue weighted by Crippen LogP contribution is 2.30. The van der Waals surface area contributed by atoms with E-state index in [1.807, 2.05) is 0 Å². The Hall–Kier alpha value is -2.97. The number of hydrogen-bond donors (Lipinski definition) is 2. The number of carbonyl (C=O) groups excluding carboxylic acids is 1. The van der Waals surface area contributed by atoms with Crippen LogP contribution < -0.4 is 11.1 Å². The summed E-state index contributed by atoms with van der Waals surface area (Å²) >= 11 is 0. The fraction of sp³-hybridized carbons (Fsp3) is 0.389. The zero-order valence-electron chi connectivity index (χ0n) is 15.4. The average Bonchev–Trinajstić information content (AvgIpc) is 2.95. The highest BCUT2D eigenvalue weighted by atomic mass is 19.3. The van der Waals surface area contributed by atoms with Gasteiger partial charge in [0, 0.05) is 11.8 Å². The second-order valence-corrected chi connectivity index (χ2v) is 6.86. The third-order valence-electron chi connectivity index (χ3n) is 3.51. The second-order valence-electron chi connectivity index (χ2n) is 6.86. The van der Waals surface area contributed by atoms with Crippen molar-refractivity contribution in [2.75, 3.05) is 5.73 Å². The minimum absolute atomic E-state index is 0.0864. The van der Waals surface area contributed by atoms with Crippen LogP contribution in [-0.2, 0) is 4.74 Å². The smallest absolute Gasteiger partial charge is 0.408 e. The molecule has 0 aromatic carbocycles. The number of halogens is 2. The van der Waals surface area contributed by atoms with Crippen LogP contribution in [0.5, 0.6) is 0 Å². The molecule has 0 aliphatic heterocycles. The monoisotopic (exact) mass is 379 g/mol. The molecule has 7 nitrogen and oxygen atoms in total. The summed E-state index contributed by atoms with van der Waals surface area (Å²) in [4.78, 5) is 16.3. The summed E-state index contributed by atoms with van der Waals surface area (Å²) in [6.07, 6.45) is 4.01. The molecule has 0 saturated carbocycles. The van der Waals surface area contributed by atoms with Crippen LogP contribution in [0.1, 0.15) is 45.5 Å². The number of rotatable bonds is 6. The van der Waals surface area contributed by atoms with Crippen LogP contribution in [-0.4, -0.2) is 26.5 Å². The Morgan fingerprint density at radius 1 is 1.48 bits per heavy atom. The summed E-state index contributed by atoms with van der Waals surface area (Å²) in [6.45, 7) is 6.10. The third kappa shape index (κ3) is 5.25. The predicted molar refractivity (Wildman–Crippen MR) is 98.0 cm³/mol. The summed E-state index contributed by atoms with van der Waals surface area (Å²) in [5.41, 5.74) is 6.22. The van der Waals surface area contributed by atoms with E-state index in [2.05, 4.69) is 22.0 Å². The number of carbonyl (C=O) groups is 1. The Morgan fingerprint density at radius 2 is 2.19 bits per heavy atom. The van der Waals surface area contributed by atoms with E-state index in [1.165, 1.54) is 12.4 Å². The molecule has 0 aliphatic rings. The molecule has 0 radical (unpaired) electrons. The molecule has 3 N–H and O–H groups in total. The highest BCUT2D eigenvalue weighted by molar-refractivity contribution is 5.73. The fourth-order valence-electron chi connectivity index (χ4n) is 2.48. The van der Waals surface area contributed by atoms with Crippen LogP contribution in [0, 0.1) is 0 Å². The van der Waals surface area contributed by atoms with Gasteiger partial charge in [-0.15, -0.1) is 6.58 Å². The summed E-state index contributed by atoms with van der Waals surface area (Å²) in [6, 6.07) is 2.59. The van der Waals surface area contributed by atoms with Crippen molar-refractivity contribution in [3.05, 3.63) is 42.9 Å². The van der Waals surface area contributed by atoms with Crippen molar-refractivity contribution >= 4 is 11.8 Å². The maximum absolute atomic E-state index is 13.2. The number of pyridine rings is 1. The van der Waals surface area contributed by atoms with Crippen LogP contribution in [0.4, 0.5) is 19.3 Å². The average molecular weight is 379 g/mol. The first-order valence-electron chi connectivity index (χ1n) is 8.30. The number of nitrogen functional groups attached to an aromatic ring is 1. The molecule has 146 valence electrons. The normalized spacial score (nSPS) is 12.7. The molecule has 1 amide bonds. The van der Waals surface area contributed by atoms with Crippen LogP contribution in [0.15, 0.2) is 37.2 Å². The third-order valence-corrected chi connectivity index (χ3v) is 3.51. The molecule has 27 heavy (non-hydrogen) atoms. The first-order valence-corrected chi connectivity index (χ1v) is 8.30. The van der Waals surface area contributed by atoms with Crippen molar-refractivity contribution in [3.63, 3.8) is 0 Å². The molecular weight excluding hydrogens is 356 g/mol. The topological polar surface area (TPSA) is 95.1 Å². The van der Waals surface area contributed by atoms with Gasteiger partial charge in [0.25, 0.3) is 0 Å². The molecule has 0 unspecified atom stereocenters. The molecule has 2 rings (SSSR count). The van der Waals surface area contributed by atoms with Gasteiger partial charge in [-0.3, -0.25) is 4.98 Å². The lowest BCUT2D eigenvalue weighted by molar-refractivity contribution is 0.0502. The number of alkyl carbamates (subject to hydrolysis) is 1. The maximum Gasteiger partial charge on any atom is 0.408 e. The van der Waals surface area contributed by atoms with E-state index in [1.54, 1.807) is 39.0 Å². The van der Waals surface area contributed by atoms with Crippen molar-refractivity contribution in [2.45, 2.75) is 45.4 Å². The van der Waals surface area contributed by atoms with Gasteiger partial charge in [0.15, 0.2) is 0 Å². The van der Waals surface area contributed by atoms with Gasteiger partial charge in [-0.05, 0) is 39.3 Å². The van der Waals surface area contributed by atoms with E-state index >= 15 is 0 Å². The van der Waals surface area contributed by atoms with Crippen molar-refractivity contribution in [3.8, 4) is 11.3 Å². The van der Waals surface area contributed by atoms with Gasteiger partial charge in [-0.1, -0.05) is 6.08 Å². The summed E-state index contributed by atoms with van der Waals surface area (Å²) in [5, 5.41) is 6.33. The largest absolute Gasteiger partial charge is 0.444 e. The van der Waals surface area contributed by atoms with Crippen LogP contribution in [0.3, 0.4) is 0 Å². The number of nitrogens with two attached hydrogens (primary N) is 1. The number of amides is 1. The lowest BCUT2D eigenvalue weighted by Gasteiger charge is -2.23. The summed E-state index contributed by atoms with van der Waals surface area (Å²) < 4.78 is 32.2. The van der Waals surface area contributed by atoms with Gasteiger partial charge in [0.2, 0.25) is 0 Å². The van der Waals surface area contributed by atoms with Crippen molar-refractivity contribution < 1.29 is 18.3 Å². The number of ether oxygens (including phenoxy) is 1. The van der Waals surface area contributed by atoms with Gasteiger partial charge in [0.05, 0.1) is 29.3 Å². The van der Waals surface area contributed by atoms with E-state index in [9.17, 15) is 13.6 Å². The molecule has 0 aliphatic carbocycles. The zero-order valence-corrected chi connectivity index (χ0v) is 15.4. The molecule has 2 aromatic rings. The van der Waals surface area contributed by atoms with Crippen LogP contribution >= 0.6 is 0 Å². The number of anilines is 1. The van der Waals surface area contributed by atoms with Gasteiger partial charge >= 0.3 is 12.6 Å². The lowest BCUT2D eigenvalue weighted by atomic mass is 10.1. The molecule has 2 aromatic heterocycles. The molecule has 9 heteroatoms. The van der Waals surface area contributed by atoms with Crippen molar-refractivity contribution in [1.29, 1.82) is 0 Å².